The highest BCUT2D eigenvalue weighted by Crippen LogP contribution is 2.35. The van der Waals surface area contributed by atoms with Gasteiger partial charge in [0.1, 0.15) is 11.4 Å². The molecule has 1 aromatic carbocycles. The molecule has 0 saturated heterocycles. The fourth-order valence-corrected chi connectivity index (χ4v) is 2.04. The summed E-state index contributed by atoms with van der Waals surface area (Å²) in [6.45, 7) is 14.7. The molecule has 0 aromatic heterocycles. The molecule has 0 radical (unpaired) electrons. The number of benzene rings is 1. The molecule has 1 unspecified atom stereocenters. The minimum absolute atomic E-state index is 0.235. The highest BCUT2D eigenvalue weighted by atomic mass is 16.5. The standard InChI is InChI=1S/C17H20O2/c1-5-10-15-11-8-9-12-16(15)17(18,13-6-2)14(4)19-7-3/h5-9,11-12,18H,1-4,10,13H2. The Morgan fingerprint density at radius 1 is 1.21 bits per heavy atom. The van der Waals surface area contributed by atoms with E-state index < -0.39 is 5.60 Å². The van der Waals surface area contributed by atoms with Crippen molar-refractivity contribution in [1.29, 1.82) is 0 Å². The van der Waals surface area contributed by atoms with Gasteiger partial charge in [0.15, 0.2) is 0 Å². The van der Waals surface area contributed by atoms with E-state index in [-0.39, 0.29) is 5.76 Å². The predicted octanol–water partition coefficient (Wildman–Crippen LogP) is 3.85. The van der Waals surface area contributed by atoms with E-state index in [1.54, 1.807) is 12.2 Å². The predicted molar refractivity (Wildman–Crippen MR) is 79.5 cm³/mol. The topological polar surface area (TPSA) is 29.5 Å². The van der Waals surface area contributed by atoms with Crippen LogP contribution in [-0.2, 0) is 16.8 Å². The zero-order valence-electron chi connectivity index (χ0n) is 11.1. The monoisotopic (exact) mass is 256 g/mol. The van der Waals surface area contributed by atoms with Gasteiger partial charge in [0.25, 0.3) is 0 Å². The Labute approximate surface area is 115 Å². The first kappa shape index (κ1) is 15.0. The summed E-state index contributed by atoms with van der Waals surface area (Å²) >= 11 is 0. The molecule has 0 amide bonds. The van der Waals surface area contributed by atoms with Crippen LogP contribution in [0.3, 0.4) is 0 Å². The minimum atomic E-state index is -1.31. The molecular formula is C17H20O2. The molecule has 0 heterocycles. The van der Waals surface area contributed by atoms with Gasteiger partial charge in [-0.15, -0.1) is 13.2 Å². The zero-order chi connectivity index (χ0) is 14.3. The van der Waals surface area contributed by atoms with Gasteiger partial charge in [-0.1, -0.05) is 49.6 Å². The lowest BCUT2D eigenvalue weighted by molar-refractivity contribution is 0.0307. The van der Waals surface area contributed by atoms with Crippen LogP contribution in [-0.4, -0.2) is 5.11 Å². The molecule has 1 rings (SSSR count). The second kappa shape index (κ2) is 6.76. The number of allylic oxidation sites excluding steroid dienone is 1. The lowest BCUT2D eigenvalue weighted by atomic mass is 9.84. The van der Waals surface area contributed by atoms with E-state index in [2.05, 4.69) is 26.3 Å². The molecule has 0 aliphatic heterocycles. The first-order valence-electron chi connectivity index (χ1n) is 6.09. The summed E-state index contributed by atoms with van der Waals surface area (Å²) in [7, 11) is 0. The molecule has 0 aliphatic carbocycles. The third kappa shape index (κ3) is 3.24. The average Bonchev–Trinajstić information content (AvgIpc) is 2.40. The van der Waals surface area contributed by atoms with Crippen LogP contribution in [0, 0.1) is 0 Å². The molecule has 100 valence electrons. The van der Waals surface area contributed by atoms with Crippen molar-refractivity contribution < 1.29 is 9.84 Å². The first-order valence-corrected chi connectivity index (χ1v) is 6.09. The fraction of sp³-hybridized carbons (Fsp3) is 0.176. The van der Waals surface area contributed by atoms with Crippen LogP contribution in [0.15, 0.2) is 74.8 Å². The fourth-order valence-electron chi connectivity index (χ4n) is 2.04. The number of rotatable bonds is 8. The van der Waals surface area contributed by atoms with E-state index in [0.29, 0.717) is 12.8 Å². The van der Waals surface area contributed by atoms with Crippen molar-refractivity contribution in [3.05, 3.63) is 85.9 Å². The van der Waals surface area contributed by atoms with Crippen LogP contribution in [0.1, 0.15) is 17.5 Å². The van der Waals surface area contributed by atoms with Crippen LogP contribution in [0.4, 0.5) is 0 Å². The van der Waals surface area contributed by atoms with Crippen LogP contribution in [0.25, 0.3) is 0 Å². The zero-order valence-corrected chi connectivity index (χ0v) is 11.1. The van der Waals surface area contributed by atoms with Gasteiger partial charge in [-0.2, -0.15) is 0 Å². The first-order chi connectivity index (χ1) is 9.10. The quantitative estimate of drug-likeness (QED) is 0.565. The van der Waals surface area contributed by atoms with Gasteiger partial charge >= 0.3 is 0 Å². The van der Waals surface area contributed by atoms with Crippen LogP contribution in [0.2, 0.25) is 0 Å². The number of aliphatic hydroxyl groups is 1. The van der Waals surface area contributed by atoms with Crippen molar-refractivity contribution >= 4 is 0 Å². The molecule has 0 aliphatic rings. The van der Waals surface area contributed by atoms with Gasteiger partial charge in [0.05, 0.1) is 6.26 Å². The highest BCUT2D eigenvalue weighted by molar-refractivity contribution is 5.38. The molecule has 2 nitrogen and oxygen atoms in total. The van der Waals surface area contributed by atoms with E-state index in [9.17, 15) is 5.11 Å². The molecule has 2 heteroatoms. The molecule has 19 heavy (non-hydrogen) atoms. The van der Waals surface area contributed by atoms with Gasteiger partial charge < -0.3 is 9.84 Å². The Morgan fingerprint density at radius 2 is 1.89 bits per heavy atom. The van der Waals surface area contributed by atoms with E-state index in [1.165, 1.54) is 6.26 Å². The average molecular weight is 256 g/mol. The molecule has 1 N–H and O–H groups in total. The van der Waals surface area contributed by atoms with Gasteiger partial charge in [0.2, 0.25) is 0 Å². The molecular weight excluding hydrogens is 236 g/mol. The van der Waals surface area contributed by atoms with Gasteiger partial charge in [-0.25, -0.2) is 0 Å². The summed E-state index contributed by atoms with van der Waals surface area (Å²) in [5.74, 6) is 0.235. The van der Waals surface area contributed by atoms with Crippen LogP contribution in [0.5, 0.6) is 0 Å². The lowest BCUT2D eigenvalue weighted by Gasteiger charge is -2.30. The Hall–Kier alpha value is -2.06. The smallest absolute Gasteiger partial charge is 0.150 e. The largest absolute Gasteiger partial charge is 0.467 e. The van der Waals surface area contributed by atoms with Gasteiger partial charge in [0, 0.05) is 6.42 Å². The molecule has 0 saturated carbocycles. The highest BCUT2D eigenvalue weighted by Gasteiger charge is 2.34. The number of hydrogen-bond donors (Lipinski definition) is 1. The summed E-state index contributed by atoms with van der Waals surface area (Å²) in [6, 6.07) is 7.61. The summed E-state index contributed by atoms with van der Waals surface area (Å²) in [6.07, 6.45) is 5.67. The maximum Gasteiger partial charge on any atom is 0.150 e. The second-order valence-corrected chi connectivity index (χ2v) is 4.21. The van der Waals surface area contributed by atoms with E-state index in [0.717, 1.165) is 11.1 Å². The Morgan fingerprint density at radius 3 is 2.47 bits per heavy atom. The summed E-state index contributed by atoms with van der Waals surface area (Å²) < 4.78 is 5.19. The lowest BCUT2D eigenvalue weighted by Crippen LogP contribution is -2.29. The summed E-state index contributed by atoms with van der Waals surface area (Å²) in [5, 5.41) is 10.9. The summed E-state index contributed by atoms with van der Waals surface area (Å²) in [5.41, 5.74) is 0.424. The summed E-state index contributed by atoms with van der Waals surface area (Å²) in [4.78, 5) is 0. The van der Waals surface area contributed by atoms with Crippen molar-refractivity contribution in [2.45, 2.75) is 18.4 Å². The molecule has 1 aromatic rings. The Bertz CT molecular complexity index is 488. The molecule has 1 atom stereocenters. The van der Waals surface area contributed by atoms with Crippen molar-refractivity contribution in [2.75, 3.05) is 0 Å². The Balaban J connectivity index is 3.32. The Kier molecular flexibility index (Phi) is 5.34. The van der Waals surface area contributed by atoms with E-state index >= 15 is 0 Å². The van der Waals surface area contributed by atoms with Crippen molar-refractivity contribution in [1.82, 2.24) is 0 Å². The van der Waals surface area contributed by atoms with Crippen molar-refractivity contribution in [3.63, 3.8) is 0 Å². The SMILES string of the molecule is C=CCc1ccccc1C(O)(CC=C)C(=C)OC=C. The van der Waals surface area contributed by atoms with Crippen LogP contribution >= 0.6 is 0 Å². The minimum Gasteiger partial charge on any atom is -0.467 e. The van der Waals surface area contributed by atoms with Crippen molar-refractivity contribution in [2.24, 2.45) is 0 Å². The second-order valence-electron chi connectivity index (χ2n) is 4.21. The van der Waals surface area contributed by atoms with Crippen molar-refractivity contribution in [3.8, 4) is 0 Å². The van der Waals surface area contributed by atoms with E-state index in [1.807, 2.05) is 24.3 Å². The maximum absolute atomic E-state index is 10.9. The molecule has 0 bridgehead atoms. The van der Waals surface area contributed by atoms with Gasteiger partial charge in [-0.05, 0) is 17.5 Å². The molecule has 0 fully saturated rings. The molecule has 0 spiro atoms. The van der Waals surface area contributed by atoms with E-state index in [4.69, 9.17) is 4.74 Å². The number of hydrogen-bond acceptors (Lipinski definition) is 2. The maximum atomic E-state index is 10.9. The number of ether oxygens (including phenoxy) is 1. The van der Waals surface area contributed by atoms with Gasteiger partial charge in [-0.3, -0.25) is 0 Å². The third-order valence-electron chi connectivity index (χ3n) is 2.95. The van der Waals surface area contributed by atoms with Crippen LogP contribution < -0.4 is 0 Å². The normalized spacial score (nSPS) is 13.1. The third-order valence-corrected chi connectivity index (χ3v) is 2.95.